The lowest BCUT2D eigenvalue weighted by Gasteiger charge is -2.06. The number of thiocarbonyl (C=S) groups is 1. The van der Waals surface area contributed by atoms with Crippen molar-refractivity contribution < 1.29 is 14.7 Å². The number of hydrogen-bond donors (Lipinski definition) is 3. The van der Waals surface area contributed by atoms with Crippen LogP contribution in [0.15, 0.2) is 24.3 Å². The van der Waals surface area contributed by atoms with Crippen molar-refractivity contribution in [2.75, 3.05) is 6.54 Å². The van der Waals surface area contributed by atoms with E-state index in [1.54, 1.807) is 18.2 Å². The van der Waals surface area contributed by atoms with Crippen molar-refractivity contribution in [3.63, 3.8) is 0 Å². The van der Waals surface area contributed by atoms with Crippen LogP contribution in [-0.2, 0) is 11.2 Å². The molecule has 0 saturated heterocycles. The summed E-state index contributed by atoms with van der Waals surface area (Å²) in [6, 6.07) is 7.19. The molecule has 6 heteroatoms. The molecule has 0 aliphatic carbocycles. The minimum Gasteiger partial charge on any atom is -0.481 e. The molecular weight excluding hydrogens is 288 g/mol. The predicted molar refractivity (Wildman–Crippen MR) is 85.4 cm³/mol. The fraction of sp³-hybridized carbons (Fsp3) is 0.400. The van der Waals surface area contributed by atoms with Crippen LogP contribution < -0.4 is 11.1 Å². The summed E-state index contributed by atoms with van der Waals surface area (Å²) in [7, 11) is 0. The second-order valence-electron chi connectivity index (χ2n) is 4.80. The Hall–Kier alpha value is -1.95. The Bertz CT molecular complexity index is 517. The number of carbonyl (C=O) groups is 2. The molecular formula is C15H20N2O3S. The third-order valence-corrected chi connectivity index (χ3v) is 3.06. The van der Waals surface area contributed by atoms with Gasteiger partial charge in [0.15, 0.2) is 0 Å². The molecule has 0 spiro atoms. The molecule has 1 aromatic carbocycles. The molecule has 1 aromatic rings. The van der Waals surface area contributed by atoms with E-state index in [-0.39, 0.29) is 12.3 Å². The fourth-order valence-corrected chi connectivity index (χ4v) is 2.07. The molecule has 0 bridgehead atoms. The lowest BCUT2D eigenvalue weighted by atomic mass is 10.1. The van der Waals surface area contributed by atoms with Crippen molar-refractivity contribution >= 4 is 29.1 Å². The van der Waals surface area contributed by atoms with Crippen LogP contribution in [0.1, 0.15) is 41.6 Å². The third kappa shape index (κ3) is 7.41. The number of hydrogen-bond acceptors (Lipinski definition) is 3. The summed E-state index contributed by atoms with van der Waals surface area (Å²) in [6.45, 7) is 0.540. The van der Waals surface area contributed by atoms with Gasteiger partial charge in [0.05, 0.1) is 4.99 Å². The van der Waals surface area contributed by atoms with E-state index in [0.29, 0.717) is 29.9 Å². The molecule has 0 aliphatic rings. The number of benzene rings is 1. The highest BCUT2D eigenvalue weighted by atomic mass is 32.1. The van der Waals surface area contributed by atoms with Gasteiger partial charge in [0, 0.05) is 24.9 Å². The first-order valence-electron chi connectivity index (χ1n) is 6.86. The molecule has 114 valence electrons. The number of carbonyl (C=O) groups excluding carboxylic acids is 1. The number of nitrogens with one attached hydrogen (secondary N) is 1. The SMILES string of the molecule is NC(=S)Cc1cccc(C(=O)NCCCCCC(=O)O)c1. The number of amides is 1. The van der Waals surface area contributed by atoms with Gasteiger partial charge in [0.2, 0.25) is 0 Å². The maximum absolute atomic E-state index is 12.0. The monoisotopic (exact) mass is 308 g/mol. The largest absolute Gasteiger partial charge is 0.481 e. The van der Waals surface area contributed by atoms with E-state index in [0.717, 1.165) is 18.4 Å². The van der Waals surface area contributed by atoms with E-state index in [9.17, 15) is 9.59 Å². The molecule has 0 aromatic heterocycles. The highest BCUT2D eigenvalue weighted by Gasteiger charge is 2.06. The first-order valence-corrected chi connectivity index (χ1v) is 7.27. The van der Waals surface area contributed by atoms with Crippen LogP contribution in [0.25, 0.3) is 0 Å². The summed E-state index contributed by atoms with van der Waals surface area (Å²) < 4.78 is 0. The van der Waals surface area contributed by atoms with E-state index in [4.69, 9.17) is 23.1 Å². The summed E-state index contributed by atoms with van der Waals surface area (Å²) in [5.74, 6) is -0.924. The molecule has 1 amide bonds. The van der Waals surface area contributed by atoms with Gasteiger partial charge >= 0.3 is 5.97 Å². The molecule has 0 unspecified atom stereocenters. The molecule has 4 N–H and O–H groups in total. The first-order chi connectivity index (χ1) is 9.99. The van der Waals surface area contributed by atoms with Crippen LogP contribution in [0.3, 0.4) is 0 Å². The van der Waals surface area contributed by atoms with Crippen molar-refractivity contribution in [1.29, 1.82) is 0 Å². The standard InChI is InChI=1S/C15H20N2O3S/c16-13(21)10-11-5-4-6-12(9-11)15(20)17-8-3-1-2-7-14(18)19/h4-6,9H,1-3,7-8,10H2,(H2,16,21)(H,17,20)(H,18,19). The Morgan fingerprint density at radius 3 is 2.67 bits per heavy atom. The summed E-state index contributed by atoms with van der Waals surface area (Å²) in [6.07, 6.45) is 2.84. The average Bonchev–Trinajstić information content (AvgIpc) is 2.41. The molecule has 0 radical (unpaired) electrons. The van der Waals surface area contributed by atoms with Crippen LogP contribution in [0.4, 0.5) is 0 Å². The molecule has 0 saturated carbocycles. The van der Waals surface area contributed by atoms with Gasteiger partial charge in [-0.15, -0.1) is 0 Å². The fourth-order valence-electron chi connectivity index (χ4n) is 1.91. The lowest BCUT2D eigenvalue weighted by Crippen LogP contribution is -2.24. The highest BCUT2D eigenvalue weighted by molar-refractivity contribution is 7.80. The number of nitrogens with two attached hydrogens (primary N) is 1. The van der Waals surface area contributed by atoms with Crippen LogP contribution in [0.2, 0.25) is 0 Å². The number of unbranched alkanes of at least 4 members (excludes halogenated alkanes) is 2. The Kier molecular flexibility index (Phi) is 7.39. The molecule has 0 atom stereocenters. The second kappa shape index (κ2) is 9.07. The predicted octanol–water partition coefficient (Wildman–Crippen LogP) is 1.89. The summed E-state index contributed by atoms with van der Waals surface area (Å²) >= 11 is 4.85. The maximum Gasteiger partial charge on any atom is 0.303 e. The van der Waals surface area contributed by atoms with E-state index < -0.39 is 5.97 Å². The van der Waals surface area contributed by atoms with Gasteiger partial charge in [0.1, 0.15) is 0 Å². The molecule has 21 heavy (non-hydrogen) atoms. The van der Waals surface area contributed by atoms with Gasteiger partial charge in [-0.1, -0.05) is 30.8 Å². The van der Waals surface area contributed by atoms with E-state index in [2.05, 4.69) is 5.32 Å². The number of carboxylic acids is 1. The number of rotatable bonds is 9. The van der Waals surface area contributed by atoms with Crippen molar-refractivity contribution in [3.8, 4) is 0 Å². The Labute approximate surface area is 129 Å². The van der Waals surface area contributed by atoms with Gasteiger partial charge in [-0.05, 0) is 30.5 Å². The molecule has 1 rings (SSSR count). The molecule has 0 fully saturated rings. The quantitative estimate of drug-likeness (QED) is 0.478. The van der Waals surface area contributed by atoms with Crippen LogP contribution in [0.5, 0.6) is 0 Å². The van der Waals surface area contributed by atoms with Crippen molar-refractivity contribution in [2.24, 2.45) is 5.73 Å². The zero-order valence-corrected chi connectivity index (χ0v) is 12.6. The van der Waals surface area contributed by atoms with Gasteiger partial charge < -0.3 is 16.2 Å². The maximum atomic E-state index is 12.0. The normalized spacial score (nSPS) is 10.1. The van der Waals surface area contributed by atoms with Crippen LogP contribution in [0, 0.1) is 0 Å². The first kappa shape index (κ1) is 17.1. The second-order valence-corrected chi connectivity index (χ2v) is 5.33. The van der Waals surface area contributed by atoms with Gasteiger partial charge in [-0.25, -0.2) is 0 Å². The third-order valence-electron chi connectivity index (χ3n) is 2.92. The van der Waals surface area contributed by atoms with E-state index >= 15 is 0 Å². The van der Waals surface area contributed by atoms with Crippen molar-refractivity contribution in [1.82, 2.24) is 5.32 Å². The van der Waals surface area contributed by atoms with E-state index in [1.165, 1.54) is 0 Å². The zero-order valence-electron chi connectivity index (χ0n) is 11.8. The summed E-state index contributed by atoms with van der Waals surface area (Å²) in [5.41, 5.74) is 6.98. The van der Waals surface area contributed by atoms with Crippen LogP contribution in [-0.4, -0.2) is 28.5 Å². The topological polar surface area (TPSA) is 92.4 Å². The van der Waals surface area contributed by atoms with Crippen LogP contribution >= 0.6 is 12.2 Å². The van der Waals surface area contributed by atoms with Crippen molar-refractivity contribution in [2.45, 2.75) is 32.1 Å². The highest BCUT2D eigenvalue weighted by Crippen LogP contribution is 2.06. The molecule has 0 aliphatic heterocycles. The summed E-state index contributed by atoms with van der Waals surface area (Å²) in [4.78, 5) is 22.7. The minimum absolute atomic E-state index is 0.141. The lowest BCUT2D eigenvalue weighted by molar-refractivity contribution is -0.137. The summed E-state index contributed by atoms with van der Waals surface area (Å²) in [5, 5.41) is 11.3. The van der Waals surface area contributed by atoms with Gasteiger partial charge in [-0.3, -0.25) is 9.59 Å². The zero-order chi connectivity index (χ0) is 15.7. The number of carboxylic acid groups (broad SMARTS) is 1. The minimum atomic E-state index is -0.784. The molecule has 5 nitrogen and oxygen atoms in total. The smallest absolute Gasteiger partial charge is 0.303 e. The Balaban J connectivity index is 2.35. The Morgan fingerprint density at radius 1 is 1.24 bits per heavy atom. The van der Waals surface area contributed by atoms with Gasteiger partial charge in [0.25, 0.3) is 5.91 Å². The van der Waals surface area contributed by atoms with Gasteiger partial charge in [-0.2, -0.15) is 0 Å². The molecule has 0 heterocycles. The van der Waals surface area contributed by atoms with Crippen molar-refractivity contribution in [3.05, 3.63) is 35.4 Å². The number of aliphatic carboxylic acids is 1. The van der Waals surface area contributed by atoms with E-state index in [1.807, 2.05) is 6.07 Å². The Morgan fingerprint density at radius 2 is 2.00 bits per heavy atom. The average molecular weight is 308 g/mol.